The van der Waals surface area contributed by atoms with Crippen LogP contribution in [-0.2, 0) is 20.9 Å². The van der Waals surface area contributed by atoms with Crippen LogP contribution in [0.5, 0.6) is 0 Å². The van der Waals surface area contributed by atoms with E-state index in [-0.39, 0.29) is 12.5 Å². The molecule has 2 heterocycles. The van der Waals surface area contributed by atoms with Gasteiger partial charge in [-0.05, 0) is 24.1 Å². The van der Waals surface area contributed by atoms with Crippen LogP contribution in [0.15, 0.2) is 54.9 Å². The molecule has 2 amide bonds. The lowest BCUT2D eigenvalue weighted by molar-refractivity contribution is -0.143. The smallest absolute Gasteiger partial charge is 0.329 e. The first-order chi connectivity index (χ1) is 15.0. The Morgan fingerprint density at radius 2 is 1.87 bits per heavy atom. The molecular weight excluding hydrogens is 418 g/mol. The predicted octanol–water partition coefficient (Wildman–Crippen LogP) is 3.09. The van der Waals surface area contributed by atoms with E-state index in [1.54, 1.807) is 18.5 Å². The number of carboxylic acids is 1. The molecule has 3 rings (SSSR count). The van der Waals surface area contributed by atoms with Gasteiger partial charge in [0.1, 0.15) is 18.2 Å². The van der Waals surface area contributed by atoms with Crippen LogP contribution in [0.25, 0.3) is 11.1 Å². The van der Waals surface area contributed by atoms with Gasteiger partial charge in [0.05, 0.1) is 5.56 Å². The number of pyridine rings is 1. The number of carbonyl (C=O) groups excluding carboxylic acids is 2. The van der Waals surface area contributed by atoms with Crippen molar-refractivity contribution in [2.45, 2.75) is 13.5 Å². The van der Waals surface area contributed by atoms with Crippen molar-refractivity contribution in [3.05, 3.63) is 70.9 Å². The van der Waals surface area contributed by atoms with Crippen LogP contribution in [0, 0.1) is 6.92 Å². The van der Waals surface area contributed by atoms with Crippen molar-refractivity contribution in [2.24, 2.45) is 0 Å². The topological polar surface area (TPSA) is 118 Å². The summed E-state index contributed by atoms with van der Waals surface area (Å²) < 4.78 is 4.84. The molecule has 1 aromatic carbocycles. The molecule has 3 aromatic rings. The standard InChI is InChI=1S/C22H21N3O5S/c1-14-19(16-7-3-2-4-8-16)20(21(29)24-11-15-6-5-9-23-10-15)22(31-14)25-17(26)12-30-13-18(27)28/h2-10H,11-13H2,1H3,(H,24,29)(H,25,26)(H,27,28). The zero-order valence-electron chi connectivity index (χ0n) is 16.8. The molecular formula is C22H21N3O5S. The van der Waals surface area contributed by atoms with E-state index < -0.39 is 25.1 Å². The zero-order valence-corrected chi connectivity index (χ0v) is 17.6. The summed E-state index contributed by atoms with van der Waals surface area (Å²) in [4.78, 5) is 40.9. The SMILES string of the molecule is Cc1sc(NC(=O)COCC(=O)O)c(C(=O)NCc2cccnc2)c1-c1ccccc1. The summed E-state index contributed by atoms with van der Waals surface area (Å²) in [6.45, 7) is 1.15. The third-order valence-electron chi connectivity index (χ3n) is 4.26. The molecule has 0 unspecified atom stereocenters. The molecule has 0 fully saturated rings. The van der Waals surface area contributed by atoms with Gasteiger partial charge in [0.15, 0.2) is 0 Å². The number of hydrogen-bond acceptors (Lipinski definition) is 6. The van der Waals surface area contributed by atoms with Crippen LogP contribution in [0.3, 0.4) is 0 Å². The molecule has 0 aliphatic heterocycles. The number of anilines is 1. The number of carbonyl (C=O) groups is 3. The molecule has 0 bridgehead atoms. The summed E-state index contributed by atoms with van der Waals surface area (Å²) in [6, 6.07) is 13.1. The second-order valence-corrected chi connectivity index (χ2v) is 7.81. The number of amides is 2. The molecule has 160 valence electrons. The Balaban J connectivity index is 1.87. The molecule has 8 nitrogen and oxygen atoms in total. The van der Waals surface area contributed by atoms with E-state index in [0.29, 0.717) is 10.6 Å². The van der Waals surface area contributed by atoms with Crippen LogP contribution in [0.4, 0.5) is 5.00 Å². The molecule has 0 saturated heterocycles. The fourth-order valence-corrected chi connectivity index (χ4v) is 4.06. The average Bonchev–Trinajstić information content (AvgIpc) is 3.08. The molecule has 9 heteroatoms. The van der Waals surface area contributed by atoms with Crippen molar-refractivity contribution >= 4 is 34.1 Å². The van der Waals surface area contributed by atoms with E-state index in [1.165, 1.54) is 11.3 Å². The molecule has 0 aliphatic rings. The number of thiophene rings is 1. The number of aromatic nitrogens is 1. The molecule has 0 radical (unpaired) electrons. The number of carboxylic acid groups (broad SMARTS) is 1. The van der Waals surface area contributed by atoms with Crippen molar-refractivity contribution in [1.82, 2.24) is 10.3 Å². The molecule has 3 N–H and O–H groups in total. The number of nitrogens with one attached hydrogen (secondary N) is 2. The van der Waals surface area contributed by atoms with E-state index in [1.807, 2.05) is 43.3 Å². The van der Waals surface area contributed by atoms with E-state index in [2.05, 4.69) is 15.6 Å². The highest BCUT2D eigenvalue weighted by atomic mass is 32.1. The quantitative estimate of drug-likeness (QED) is 0.472. The molecule has 2 aromatic heterocycles. The fourth-order valence-electron chi connectivity index (χ4n) is 2.97. The van der Waals surface area contributed by atoms with E-state index in [0.717, 1.165) is 21.6 Å². The van der Waals surface area contributed by atoms with Crippen molar-refractivity contribution in [3.8, 4) is 11.1 Å². The van der Waals surface area contributed by atoms with E-state index >= 15 is 0 Å². The first-order valence-electron chi connectivity index (χ1n) is 9.41. The monoisotopic (exact) mass is 439 g/mol. The Labute approximate surface area is 182 Å². The number of aliphatic carboxylic acids is 1. The molecule has 0 aliphatic carbocycles. The van der Waals surface area contributed by atoms with Gasteiger partial charge < -0.3 is 20.5 Å². The first-order valence-corrected chi connectivity index (χ1v) is 10.2. The van der Waals surface area contributed by atoms with Gasteiger partial charge >= 0.3 is 5.97 Å². The highest BCUT2D eigenvalue weighted by Crippen LogP contribution is 2.39. The fraction of sp³-hybridized carbons (Fsp3) is 0.182. The number of rotatable bonds is 9. The van der Waals surface area contributed by atoms with Crippen LogP contribution < -0.4 is 10.6 Å². The number of benzene rings is 1. The summed E-state index contributed by atoms with van der Waals surface area (Å²) in [5, 5.41) is 14.6. The Kier molecular flexibility index (Phi) is 7.47. The Bertz CT molecular complexity index is 1070. The van der Waals surface area contributed by atoms with Gasteiger partial charge in [0.2, 0.25) is 0 Å². The maximum atomic E-state index is 13.1. The van der Waals surface area contributed by atoms with Crippen molar-refractivity contribution in [3.63, 3.8) is 0 Å². The van der Waals surface area contributed by atoms with Gasteiger partial charge in [-0.15, -0.1) is 11.3 Å². The summed E-state index contributed by atoms with van der Waals surface area (Å²) >= 11 is 1.28. The largest absolute Gasteiger partial charge is 0.480 e. The van der Waals surface area contributed by atoms with Gasteiger partial charge in [0.25, 0.3) is 11.8 Å². The lowest BCUT2D eigenvalue weighted by Crippen LogP contribution is -2.26. The van der Waals surface area contributed by atoms with Crippen LogP contribution >= 0.6 is 11.3 Å². The minimum atomic E-state index is -1.17. The number of nitrogens with zero attached hydrogens (tertiary/aromatic N) is 1. The zero-order chi connectivity index (χ0) is 22.2. The molecule has 0 spiro atoms. The van der Waals surface area contributed by atoms with Gasteiger partial charge in [0, 0.05) is 29.4 Å². The van der Waals surface area contributed by atoms with Gasteiger partial charge in [-0.2, -0.15) is 0 Å². The van der Waals surface area contributed by atoms with Gasteiger partial charge in [-0.1, -0.05) is 36.4 Å². The normalized spacial score (nSPS) is 10.5. The van der Waals surface area contributed by atoms with Crippen LogP contribution in [-0.4, -0.2) is 41.1 Å². The summed E-state index contributed by atoms with van der Waals surface area (Å²) in [5.74, 6) is -2.04. The summed E-state index contributed by atoms with van der Waals surface area (Å²) in [6.07, 6.45) is 3.32. The lowest BCUT2D eigenvalue weighted by atomic mass is 10.0. The second kappa shape index (κ2) is 10.5. The number of hydrogen-bond donors (Lipinski definition) is 3. The van der Waals surface area contributed by atoms with Gasteiger partial charge in [-0.3, -0.25) is 14.6 Å². The van der Waals surface area contributed by atoms with Crippen molar-refractivity contribution in [2.75, 3.05) is 18.5 Å². The Hall–Kier alpha value is -3.56. The Morgan fingerprint density at radius 3 is 2.55 bits per heavy atom. The maximum absolute atomic E-state index is 13.1. The van der Waals surface area contributed by atoms with Crippen LogP contribution in [0.2, 0.25) is 0 Å². The van der Waals surface area contributed by atoms with Crippen molar-refractivity contribution < 1.29 is 24.2 Å². The third-order valence-corrected chi connectivity index (χ3v) is 5.28. The molecule has 31 heavy (non-hydrogen) atoms. The van der Waals surface area contributed by atoms with Crippen molar-refractivity contribution in [1.29, 1.82) is 0 Å². The predicted molar refractivity (Wildman–Crippen MR) is 117 cm³/mol. The summed E-state index contributed by atoms with van der Waals surface area (Å²) in [7, 11) is 0. The Morgan fingerprint density at radius 1 is 1.10 bits per heavy atom. The summed E-state index contributed by atoms with van der Waals surface area (Å²) in [5.41, 5.74) is 2.78. The minimum Gasteiger partial charge on any atom is -0.480 e. The van der Waals surface area contributed by atoms with Gasteiger partial charge in [-0.25, -0.2) is 4.79 Å². The lowest BCUT2D eigenvalue weighted by Gasteiger charge is -2.11. The maximum Gasteiger partial charge on any atom is 0.329 e. The second-order valence-electron chi connectivity index (χ2n) is 6.58. The molecule has 0 saturated carbocycles. The number of aryl methyl sites for hydroxylation is 1. The highest BCUT2D eigenvalue weighted by Gasteiger charge is 2.24. The minimum absolute atomic E-state index is 0.283. The third kappa shape index (κ3) is 5.97. The number of ether oxygens (including phenoxy) is 1. The van der Waals surface area contributed by atoms with Crippen LogP contribution in [0.1, 0.15) is 20.8 Å². The first kappa shape index (κ1) is 22.1. The average molecular weight is 439 g/mol. The van der Waals surface area contributed by atoms with E-state index in [4.69, 9.17) is 9.84 Å². The highest BCUT2D eigenvalue weighted by molar-refractivity contribution is 7.17. The molecule has 0 atom stereocenters. The van der Waals surface area contributed by atoms with E-state index in [9.17, 15) is 14.4 Å².